The fourth-order valence-electron chi connectivity index (χ4n) is 4.10. The summed E-state index contributed by atoms with van der Waals surface area (Å²) >= 11 is 0. The molecular formula is C30H28F8O8. The van der Waals surface area contributed by atoms with Crippen LogP contribution in [0.3, 0.4) is 0 Å². The summed E-state index contributed by atoms with van der Waals surface area (Å²) in [7, 11) is 0. The van der Waals surface area contributed by atoms with E-state index in [1.54, 1.807) is 6.07 Å². The van der Waals surface area contributed by atoms with Gasteiger partial charge in [0.15, 0.2) is 13.2 Å². The van der Waals surface area contributed by atoms with Gasteiger partial charge >= 0.3 is 36.4 Å². The number of benzene rings is 2. The maximum atomic E-state index is 14.1. The molecule has 0 aliphatic rings. The summed E-state index contributed by atoms with van der Waals surface area (Å²) in [4.78, 5) is 23.5. The summed E-state index contributed by atoms with van der Waals surface area (Å²) < 4.78 is 131. The van der Waals surface area contributed by atoms with Gasteiger partial charge in [-0.2, -0.15) is 17.6 Å². The van der Waals surface area contributed by atoms with Gasteiger partial charge in [0.1, 0.15) is 11.3 Å². The van der Waals surface area contributed by atoms with Gasteiger partial charge in [0, 0.05) is 17.5 Å². The number of carbonyl (C=O) groups is 1. The van der Waals surface area contributed by atoms with E-state index in [9.17, 15) is 44.7 Å². The van der Waals surface area contributed by atoms with E-state index in [1.165, 1.54) is 12.1 Å². The van der Waals surface area contributed by atoms with Crippen LogP contribution in [-0.4, -0.2) is 44.0 Å². The number of unbranched alkanes of at least 4 members (excludes halogenated alkanes) is 2. The SMILES string of the molecule is C=CC(=O)OCC(F)(F)OC(F)(F)OC(F)(F)OC(F)(F)COc1ccc2cc(-c3ccc(CCCCC)cc3C)c(=O)oc2c1. The third kappa shape index (κ3) is 10.8. The third-order valence-corrected chi connectivity index (χ3v) is 6.09. The lowest BCUT2D eigenvalue weighted by Crippen LogP contribution is -2.46. The molecule has 2 aromatic carbocycles. The van der Waals surface area contributed by atoms with E-state index in [4.69, 9.17) is 9.15 Å². The van der Waals surface area contributed by atoms with Crippen LogP contribution in [0.15, 0.2) is 64.3 Å². The molecule has 1 aromatic heterocycles. The number of halogens is 8. The van der Waals surface area contributed by atoms with E-state index in [-0.39, 0.29) is 11.1 Å². The minimum Gasteiger partial charge on any atom is -0.484 e. The molecule has 3 rings (SSSR count). The lowest BCUT2D eigenvalue weighted by atomic mass is 9.97. The van der Waals surface area contributed by atoms with E-state index in [1.807, 2.05) is 19.1 Å². The number of carbonyl (C=O) groups excluding carboxylic acids is 1. The van der Waals surface area contributed by atoms with Gasteiger partial charge in [-0.25, -0.2) is 23.8 Å². The Balaban J connectivity index is 1.66. The maximum absolute atomic E-state index is 14.1. The lowest BCUT2D eigenvalue weighted by Gasteiger charge is -2.27. The summed E-state index contributed by atoms with van der Waals surface area (Å²) in [5, 5.41) is 0.356. The molecule has 0 aliphatic carbocycles. The minimum atomic E-state index is -5.91. The normalized spacial score (nSPS) is 12.7. The molecule has 0 N–H and O–H groups in total. The zero-order valence-electron chi connectivity index (χ0n) is 24.4. The molecule has 0 bridgehead atoms. The molecule has 8 nitrogen and oxygen atoms in total. The zero-order valence-corrected chi connectivity index (χ0v) is 24.4. The van der Waals surface area contributed by atoms with Crippen LogP contribution in [0.4, 0.5) is 35.1 Å². The number of hydrogen-bond acceptors (Lipinski definition) is 8. The van der Waals surface area contributed by atoms with E-state index < -0.39 is 55.4 Å². The summed E-state index contributed by atoms with van der Waals surface area (Å²) in [5.41, 5.74) is 1.91. The average molecular weight is 669 g/mol. The second-order valence-electron chi connectivity index (χ2n) is 9.86. The van der Waals surface area contributed by atoms with E-state index in [0.717, 1.165) is 48.9 Å². The van der Waals surface area contributed by atoms with Crippen molar-refractivity contribution in [3.8, 4) is 16.9 Å². The number of aryl methyl sites for hydroxylation is 2. The summed E-state index contributed by atoms with van der Waals surface area (Å²) in [6.07, 6.45) is -17.5. The van der Waals surface area contributed by atoms with Crippen molar-refractivity contribution >= 4 is 16.9 Å². The van der Waals surface area contributed by atoms with Crippen LogP contribution in [0.25, 0.3) is 22.1 Å². The molecule has 1 heterocycles. The predicted molar refractivity (Wildman–Crippen MR) is 146 cm³/mol. The van der Waals surface area contributed by atoms with Crippen LogP contribution in [0.2, 0.25) is 0 Å². The molecule has 46 heavy (non-hydrogen) atoms. The van der Waals surface area contributed by atoms with Gasteiger partial charge < -0.3 is 13.9 Å². The molecular weight excluding hydrogens is 640 g/mol. The molecule has 252 valence electrons. The first-order valence-corrected chi connectivity index (χ1v) is 13.6. The molecule has 0 saturated heterocycles. The molecule has 0 unspecified atom stereocenters. The second kappa shape index (κ2) is 14.6. The van der Waals surface area contributed by atoms with Crippen LogP contribution in [0, 0.1) is 6.92 Å². The topological polar surface area (TPSA) is 93.4 Å². The molecule has 0 aliphatic heterocycles. The van der Waals surface area contributed by atoms with Crippen LogP contribution in [0.1, 0.15) is 37.3 Å². The van der Waals surface area contributed by atoms with Gasteiger partial charge in [-0.3, -0.25) is 0 Å². The van der Waals surface area contributed by atoms with Crippen molar-refractivity contribution in [2.24, 2.45) is 0 Å². The Morgan fingerprint density at radius 2 is 1.50 bits per heavy atom. The molecule has 0 spiro atoms. The molecule has 0 radical (unpaired) electrons. The fraction of sp³-hybridized carbons (Fsp3) is 0.400. The number of hydrogen-bond donors (Lipinski definition) is 0. The van der Waals surface area contributed by atoms with E-state index in [2.05, 4.69) is 32.5 Å². The Kier molecular flexibility index (Phi) is 11.6. The number of alkyl halides is 8. The first-order valence-electron chi connectivity index (χ1n) is 13.6. The quantitative estimate of drug-likeness (QED) is 0.0358. The van der Waals surface area contributed by atoms with Gasteiger partial charge in [0.25, 0.3) is 0 Å². The van der Waals surface area contributed by atoms with Gasteiger partial charge in [-0.05, 0) is 54.7 Å². The van der Waals surface area contributed by atoms with Crippen molar-refractivity contribution in [3.63, 3.8) is 0 Å². The number of ether oxygens (including phenoxy) is 5. The van der Waals surface area contributed by atoms with Crippen LogP contribution < -0.4 is 10.4 Å². The summed E-state index contributed by atoms with van der Waals surface area (Å²) in [6.45, 7) is 2.60. The second-order valence-corrected chi connectivity index (χ2v) is 9.86. The molecule has 16 heteroatoms. The lowest BCUT2D eigenvalue weighted by molar-refractivity contribution is -0.574. The van der Waals surface area contributed by atoms with Crippen LogP contribution >= 0.6 is 0 Å². The highest BCUT2D eigenvalue weighted by Crippen LogP contribution is 2.37. The van der Waals surface area contributed by atoms with Gasteiger partial charge in [0.2, 0.25) is 0 Å². The molecule has 0 atom stereocenters. The standard InChI is InChI=1S/C30H28F8O8/c1-4-6-7-8-19-9-12-22(18(3)13-19)23-14-20-10-11-21(15-24(20)43-26(23)40)41-16-27(31,32)44-29(35,36)46-30(37,38)45-28(33,34)17-42-25(39)5-2/h5,9-15H,2,4,6-8,16-17H2,1,3H3. The Bertz CT molecular complexity index is 1590. The molecule has 3 aromatic rings. The van der Waals surface area contributed by atoms with Crippen molar-refractivity contribution in [2.75, 3.05) is 13.2 Å². The zero-order chi connectivity index (χ0) is 34.3. The van der Waals surface area contributed by atoms with E-state index >= 15 is 0 Å². The number of esters is 1. The Labute approximate surface area is 256 Å². The van der Waals surface area contributed by atoms with Crippen molar-refractivity contribution in [2.45, 2.75) is 64.3 Å². The Morgan fingerprint density at radius 3 is 2.11 bits per heavy atom. The fourth-order valence-corrected chi connectivity index (χ4v) is 4.10. The van der Waals surface area contributed by atoms with Crippen molar-refractivity contribution < 1.29 is 68.0 Å². The average Bonchev–Trinajstić information content (AvgIpc) is 2.93. The molecule has 0 fully saturated rings. The summed E-state index contributed by atoms with van der Waals surface area (Å²) in [5.74, 6) is -1.92. The third-order valence-electron chi connectivity index (χ3n) is 6.09. The van der Waals surface area contributed by atoms with Crippen molar-refractivity contribution in [1.29, 1.82) is 0 Å². The molecule has 0 amide bonds. The van der Waals surface area contributed by atoms with Crippen LogP contribution in [0.5, 0.6) is 5.75 Å². The first kappa shape index (κ1) is 36.4. The maximum Gasteiger partial charge on any atom is 0.496 e. The van der Waals surface area contributed by atoms with Crippen molar-refractivity contribution in [3.05, 3.63) is 76.7 Å². The van der Waals surface area contributed by atoms with Gasteiger partial charge in [0.05, 0.1) is 5.56 Å². The first-order chi connectivity index (χ1) is 21.3. The Hall–Kier alpha value is -4.02. The Morgan fingerprint density at radius 1 is 0.848 bits per heavy atom. The minimum absolute atomic E-state index is 0.116. The van der Waals surface area contributed by atoms with Crippen LogP contribution in [-0.2, 0) is 30.2 Å². The molecule has 0 saturated carbocycles. The van der Waals surface area contributed by atoms with Crippen molar-refractivity contribution in [1.82, 2.24) is 0 Å². The number of rotatable bonds is 17. The highest BCUT2D eigenvalue weighted by Gasteiger charge is 2.57. The smallest absolute Gasteiger partial charge is 0.484 e. The van der Waals surface area contributed by atoms with E-state index in [0.29, 0.717) is 17.0 Å². The number of fused-ring (bicyclic) bond motifs is 1. The largest absolute Gasteiger partial charge is 0.496 e. The highest BCUT2D eigenvalue weighted by molar-refractivity contribution is 5.83. The highest BCUT2D eigenvalue weighted by atomic mass is 19.3. The van der Waals surface area contributed by atoms with Gasteiger partial charge in [-0.1, -0.05) is 44.5 Å². The summed E-state index contributed by atoms with van der Waals surface area (Å²) in [6, 6.07) is 10.6. The predicted octanol–water partition coefficient (Wildman–Crippen LogP) is 7.95. The monoisotopic (exact) mass is 668 g/mol. The van der Waals surface area contributed by atoms with Gasteiger partial charge in [-0.15, -0.1) is 17.6 Å².